The molecule has 1 atom stereocenters. The van der Waals surface area contributed by atoms with Crippen molar-refractivity contribution in [1.29, 1.82) is 0 Å². The lowest BCUT2D eigenvalue weighted by atomic mass is 9.97. The first kappa shape index (κ1) is 12.5. The van der Waals surface area contributed by atoms with E-state index in [1.807, 2.05) is 13.0 Å². The van der Waals surface area contributed by atoms with Gasteiger partial charge in [0.2, 0.25) is 5.91 Å². The number of piperidine rings is 1. The fourth-order valence-corrected chi connectivity index (χ4v) is 2.17. The van der Waals surface area contributed by atoms with E-state index in [2.05, 4.69) is 4.98 Å². The second-order valence-electron chi connectivity index (χ2n) is 4.68. The number of carbonyl (C=O) groups excluding carboxylic acids is 2. The maximum absolute atomic E-state index is 12.2. The molecule has 2 N–H and O–H groups in total. The molecular formula is C13H17N3O2. The van der Waals surface area contributed by atoms with Crippen LogP contribution in [-0.2, 0) is 4.79 Å². The maximum atomic E-state index is 12.2. The summed E-state index contributed by atoms with van der Waals surface area (Å²) in [7, 11) is 0. The number of aryl methyl sites for hydroxylation is 1. The molecule has 2 rings (SSSR count). The van der Waals surface area contributed by atoms with Crippen molar-refractivity contribution in [2.75, 3.05) is 13.1 Å². The number of hydrogen-bond donors (Lipinski definition) is 1. The molecule has 18 heavy (non-hydrogen) atoms. The summed E-state index contributed by atoms with van der Waals surface area (Å²) in [6.07, 6.45) is 3.16. The van der Waals surface area contributed by atoms with Gasteiger partial charge in [0.05, 0.1) is 11.5 Å². The molecule has 1 aromatic rings. The van der Waals surface area contributed by atoms with Crippen molar-refractivity contribution in [3.8, 4) is 0 Å². The molecule has 1 aliphatic heterocycles. The van der Waals surface area contributed by atoms with Gasteiger partial charge in [-0.1, -0.05) is 0 Å². The first-order valence-corrected chi connectivity index (χ1v) is 6.09. The SMILES string of the molecule is Cc1ccc(C(=O)N2CCCC(C(N)=O)C2)cn1. The largest absolute Gasteiger partial charge is 0.369 e. The van der Waals surface area contributed by atoms with Gasteiger partial charge in [0, 0.05) is 25.0 Å². The van der Waals surface area contributed by atoms with Crippen LogP contribution in [0, 0.1) is 12.8 Å². The molecule has 1 saturated heterocycles. The highest BCUT2D eigenvalue weighted by molar-refractivity contribution is 5.94. The van der Waals surface area contributed by atoms with Gasteiger partial charge in [0.25, 0.3) is 5.91 Å². The Morgan fingerprint density at radius 1 is 1.44 bits per heavy atom. The van der Waals surface area contributed by atoms with Gasteiger partial charge in [-0.2, -0.15) is 0 Å². The third-order valence-electron chi connectivity index (χ3n) is 3.27. The Morgan fingerprint density at radius 2 is 2.22 bits per heavy atom. The lowest BCUT2D eigenvalue weighted by Gasteiger charge is -2.31. The van der Waals surface area contributed by atoms with Crippen LogP contribution >= 0.6 is 0 Å². The number of hydrogen-bond acceptors (Lipinski definition) is 3. The molecule has 2 heterocycles. The highest BCUT2D eigenvalue weighted by Gasteiger charge is 2.27. The zero-order chi connectivity index (χ0) is 13.1. The number of pyridine rings is 1. The van der Waals surface area contributed by atoms with Crippen molar-refractivity contribution in [1.82, 2.24) is 9.88 Å². The third kappa shape index (κ3) is 2.67. The van der Waals surface area contributed by atoms with Crippen molar-refractivity contribution >= 4 is 11.8 Å². The van der Waals surface area contributed by atoms with Gasteiger partial charge in [-0.15, -0.1) is 0 Å². The Kier molecular flexibility index (Phi) is 3.60. The molecule has 0 spiro atoms. The first-order valence-electron chi connectivity index (χ1n) is 6.09. The van der Waals surface area contributed by atoms with E-state index in [0.29, 0.717) is 18.7 Å². The van der Waals surface area contributed by atoms with Crippen LogP contribution in [0.4, 0.5) is 0 Å². The molecule has 5 nitrogen and oxygen atoms in total. The standard InChI is InChI=1S/C13H17N3O2/c1-9-4-5-10(7-15-9)13(18)16-6-2-3-11(8-16)12(14)17/h4-5,7,11H,2-3,6,8H2,1H3,(H2,14,17). The van der Waals surface area contributed by atoms with Gasteiger partial charge in [-0.25, -0.2) is 0 Å². The van der Waals surface area contributed by atoms with E-state index in [1.165, 1.54) is 0 Å². The van der Waals surface area contributed by atoms with Crippen LogP contribution in [0.15, 0.2) is 18.3 Å². The summed E-state index contributed by atoms with van der Waals surface area (Å²) in [4.78, 5) is 29.2. The zero-order valence-corrected chi connectivity index (χ0v) is 10.4. The van der Waals surface area contributed by atoms with Gasteiger partial charge >= 0.3 is 0 Å². The molecule has 1 aliphatic rings. The molecule has 0 bridgehead atoms. The van der Waals surface area contributed by atoms with Gasteiger partial charge in [-0.05, 0) is 31.9 Å². The summed E-state index contributed by atoms with van der Waals surface area (Å²) in [5.41, 5.74) is 6.73. The smallest absolute Gasteiger partial charge is 0.255 e. The fraction of sp³-hybridized carbons (Fsp3) is 0.462. The van der Waals surface area contributed by atoms with Crippen LogP contribution in [0.3, 0.4) is 0 Å². The number of nitrogens with zero attached hydrogens (tertiary/aromatic N) is 2. The minimum Gasteiger partial charge on any atom is -0.369 e. The van der Waals surface area contributed by atoms with Crippen molar-refractivity contribution in [2.24, 2.45) is 11.7 Å². The maximum Gasteiger partial charge on any atom is 0.255 e. The Labute approximate surface area is 106 Å². The fourth-order valence-electron chi connectivity index (χ4n) is 2.17. The van der Waals surface area contributed by atoms with Crippen LogP contribution in [0.2, 0.25) is 0 Å². The Morgan fingerprint density at radius 3 is 2.83 bits per heavy atom. The highest BCUT2D eigenvalue weighted by Crippen LogP contribution is 2.18. The van der Waals surface area contributed by atoms with Crippen LogP contribution in [0.1, 0.15) is 28.9 Å². The minimum absolute atomic E-state index is 0.0755. The predicted molar refractivity (Wildman–Crippen MR) is 66.8 cm³/mol. The summed E-state index contributed by atoms with van der Waals surface area (Å²) in [6, 6.07) is 3.57. The average molecular weight is 247 g/mol. The van der Waals surface area contributed by atoms with Crippen molar-refractivity contribution in [2.45, 2.75) is 19.8 Å². The number of likely N-dealkylation sites (tertiary alicyclic amines) is 1. The van der Waals surface area contributed by atoms with Gasteiger partial charge in [0.1, 0.15) is 0 Å². The average Bonchev–Trinajstić information content (AvgIpc) is 2.39. The number of rotatable bonds is 2. The predicted octanol–water partition coefficient (Wildman–Crippen LogP) is 0.728. The summed E-state index contributed by atoms with van der Waals surface area (Å²) in [5, 5.41) is 0. The Bertz CT molecular complexity index is 456. The highest BCUT2D eigenvalue weighted by atomic mass is 16.2. The van der Waals surface area contributed by atoms with Gasteiger partial charge < -0.3 is 10.6 Å². The topological polar surface area (TPSA) is 76.3 Å². The third-order valence-corrected chi connectivity index (χ3v) is 3.27. The van der Waals surface area contributed by atoms with Crippen molar-refractivity contribution < 1.29 is 9.59 Å². The molecule has 2 amide bonds. The molecule has 0 radical (unpaired) electrons. The van der Waals surface area contributed by atoms with Gasteiger partial charge in [-0.3, -0.25) is 14.6 Å². The molecule has 0 aliphatic carbocycles. The number of primary amides is 1. The quantitative estimate of drug-likeness (QED) is 0.837. The monoisotopic (exact) mass is 247 g/mol. The molecule has 1 aromatic heterocycles. The number of nitrogens with two attached hydrogens (primary N) is 1. The van der Waals surface area contributed by atoms with Crippen LogP contribution in [-0.4, -0.2) is 34.8 Å². The lowest BCUT2D eigenvalue weighted by molar-refractivity contribution is -0.123. The number of carbonyl (C=O) groups is 2. The molecule has 1 unspecified atom stereocenters. The molecule has 0 saturated carbocycles. The second kappa shape index (κ2) is 5.16. The van der Waals surface area contributed by atoms with E-state index in [0.717, 1.165) is 18.5 Å². The summed E-state index contributed by atoms with van der Waals surface area (Å²) >= 11 is 0. The number of aromatic nitrogens is 1. The molecular weight excluding hydrogens is 230 g/mol. The Balaban J connectivity index is 2.09. The number of amides is 2. The normalized spacial score (nSPS) is 19.6. The van der Waals surface area contributed by atoms with Gasteiger partial charge in [0.15, 0.2) is 0 Å². The molecule has 96 valence electrons. The van der Waals surface area contributed by atoms with E-state index in [-0.39, 0.29) is 17.7 Å². The molecule has 1 fully saturated rings. The van der Waals surface area contributed by atoms with E-state index >= 15 is 0 Å². The summed E-state index contributed by atoms with van der Waals surface area (Å²) in [6.45, 7) is 2.97. The van der Waals surface area contributed by atoms with Crippen molar-refractivity contribution in [3.63, 3.8) is 0 Å². The van der Waals surface area contributed by atoms with E-state index in [9.17, 15) is 9.59 Å². The van der Waals surface area contributed by atoms with Crippen molar-refractivity contribution in [3.05, 3.63) is 29.6 Å². The summed E-state index contributed by atoms with van der Waals surface area (Å²) in [5.74, 6) is -0.621. The summed E-state index contributed by atoms with van der Waals surface area (Å²) < 4.78 is 0. The molecule has 5 heteroatoms. The first-order chi connectivity index (χ1) is 8.58. The lowest BCUT2D eigenvalue weighted by Crippen LogP contribution is -2.44. The van der Waals surface area contributed by atoms with Crippen LogP contribution in [0.25, 0.3) is 0 Å². The minimum atomic E-state index is -0.325. The van der Waals surface area contributed by atoms with Crippen LogP contribution < -0.4 is 5.73 Å². The second-order valence-corrected chi connectivity index (χ2v) is 4.68. The van der Waals surface area contributed by atoms with E-state index in [1.54, 1.807) is 17.2 Å². The molecule has 0 aromatic carbocycles. The van der Waals surface area contributed by atoms with E-state index < -0.39 is 0 Å². The van der Waals surface area contributed by atoms with Crippen LogP contribution in [0.5, 0.6) is 0 Å². The zero-order valence-electron chi connectivity index (χ0n) is 10.4. The van der Waals surface area contributed by atoms with E-state index in [4.69, 9.17) is 5.73 Å². The Hall–Kier alpha value is -1.91.